The molecule has 0 aliphatic heterocycles. The SMILES string of the molecule is COc1ccc(-n2cc(CNC(C)C)nn2)cc1. The molecule has 1 N–H and O–H groups in total. The van der Waals surface area contributed by atoms with Gasteiger partial charge in [0.1, 0.15) is 5.75 Å². The number of aromatic nitrogens is 3. The molecule has 1 aromatic carbocycles. The predicted molar refractivity (Wildman–Crippen MR) is 69.9 cm³/mol. The fourth-order valence-corrected chi connectivity index (χ4v) is 1.55. The number of rotatable bonds is 5. The minimum Gasteiger partial charge on any atom is -0.497 e. The third-order valence-corrected chi connectivity index (χ3v) is 2.57. The maximum atomic E-state index is 5.12. The molecule has 2 rings (SSSR count). The average molecular weight is 246 g/mol. The summed E-state index contributed by atoms with van der Waals surface area (Å²) in [6.07, 6.45) is 1.93. The molecule has 0 fully saturated rings. The summed E-state index contributed by atoms with van der Waals surface area (Å²) in [5.74, 6) is 0.834. The molecule has 0 atom stereocenters. The van der Waals surface area contributed by atoms with Crippen LogP contribution in [-0.2, 0) is 6.54 Å². The van der Waals surface area contributed by atoms with Gasteiger partial charge in [0.2, 0.25) is 0 Å². The lowest BCUT2D eigenvalue weighted by Gasteiger charge is -2.04. The van der Waals surface area contributed by atoms with Crippen molar-refractivity contribution in [3.8, 4) is 11.4 Å². The predicted octanol–water partition coefficient (Wildman–Crippen LogP) is 1.77. The number of hydrogen-bond acceptors (Lipinski definition) is 4. The Labute approximate surface area is 107 Å². The minimum atomic E-state index is 0.441. The first-order valence-corrected chi connectivity index (χ1v) is 5.98. The van der Waals surface area contributed by atoms with Gasteiger partial charge in [-0.25, -0.2) is 4.68 Å². The molecule has 2 aromatic rings. The zero-order valence-corrected chi connectivity index (χ0v) is 10.9. The fourth-order valence-electron chi connectivity index (χ4n) is 1.55. The van der Waals surface area contributed by atoms with Gasteiger partial charge in [-0.1, -0.05) is 19.1 Å². The molecular formula is C13H18N4O. The van der Waals surface area contributed by atoms with Crippen molar-refractivity contribution in [2.24, 2.45) is 0 Å². The molecule has 0 amide bonds. The second-order valence-electron chi connectivity index (χ2n) is 4.39. The van der Waals surface area contributed by atoms with E-state index in [2.05, 4.69) is 29.5 Å². The van der Waals surface area contributed by atoms with Gasteiger partial charge in [0, 0.05) is 12.6 Å². The van der Waals surface area contributed by atoms with Crippen molar-refractivity contribution in [1.82, 2.24) is 20.3 Å². The second-order valence-corrected chi connectivity index (χ2v) is 4.39. The van der Waals surface area contributed by atoms with Crippen molar-refractivity contribution in [2.75, 3.05) is 7.11 Å². The summed E-state index contributed by atoms with van der Waals surface area (Å²) < 4.78 is 6.88. The quantitative estimate of drug-likeness (QED) is 0.873. The highest BCUT2D eigenvalue weighted by Gasteiger charge is 2.03. The van der Waals surface area contributed by atoms with Crippen molar-refractivity contribution in [3.63, 3.8) is 0 Å². The maximum Gasteiger partial charge on any atom is 0.119 e. The summed E-state index contributed by atoms with van der Waals surface area (Å²) in [5.41, 5.74) is 1.90. The first-order valence-electron chi connectivity index (χ1n) is 5.98. The molecule has 0 unspecified atom stereocenters. The Morgan fingerprint density at radius 3 is 2.61 bits per heavy atom. The number of nitrogens with zero attached hydrogens (tertiary/aromatic N) is 3. The third kappa shape index (κ3) is 3.07. The summed E-state index contributed by atoms with van der Waals surface area (Å²) in [6.45, 7) is 4.94. The summed E-state index contributed by atoms with van der Waals surface area (Å²) in [5, 5.41) is 11.5. The summed E-state index contributed by atoms with van der Waals surface area (Å²) in [7, 11) is 1.65. The molecule has 5 heteroatoms. The molecule has 0 radical (unpaired) electrons. The van der Waals surface area contributed by atoms with Crippen LogP contribution in [0.4, 0.5) is 0 Å². The van der Waals surface area contributed by atoms with Crippen molar-refractivity contribution in [3.05, 3.63) is 36.2 Å². The molecule has 0 saturated heterocycles. The van der Waals surface area contributed by atoms with E-state index in [0.29, 0.717) is 6.04 Å². The largest absolute Gasteiger partial charge is 0.497 e. The summed E-state index contributed by atoms with van der Waals surface area (Å²) >= 11 is 0. The van der Waals surface area contributed by atoms with E-state index in [1.54, 1.807) is 11.8 Å². The number of benzene rings is 1. The van der Waals surface area contributed by atoms with E-state index in [9.17, 15) is 0 Å². The molecule has 96 valence electrons. The highest BCUT2D eigenvalue weighted by molar-refractivity contribution is 5.36. The molecule has 0 aliphatic rings. The topological polar surface area (TPSA) is 52.0 Å². The van der Waals surface area contributed by atoms with Crippen LogP contribution < -0.4 is 10.1 Å². The molecule has 1 heterocycles. The van der Waals surface area contributed by atoms with E-state index < -0.39 is 0 Å². The van der Waals surface area contributed by atoms with Gasteiger partial charge in [-0.15, -0.1) is 5.10 Å². The monoisotopic (exact) mass is 246 g/mol. The van der Waals surface area contributed by atoms with Crippen molar-refractivity contribution < 1.29 is 4.74 Å². The highest BCUT2D eigenvalue weighted by atomic mass is 16.5. The third-order valence-electron chi connectivity index (χ3n) is 2.57. The number of methoxy groups -OCH3 is 1. The Morgan fingerprint density at radius 1 is 1.28 bits per heavy atom. The second kappa shape index (κ2) is 5.64. The van der Waals surface area contributed by atoms with Crippen LogP contribution in [0.25, 0.3) is 5.69 Å². The van der Waals surface area contributed by atoms with Crippen LogP contribution in [0, 0.1) is 0 Å². The van der Waals surface area contributed by atoms with Crippen LogP contribution in [0.1, 0.15) is 19.5 Å². The van der Waals surface area contributed by atoms with Gasteiger partial charge in [0.15, 0.2) is 0 Å². The molecule has 0 saturated carbocycles. The van der Waals surface area contributed by atoms with Gasteiger partial charge in [-0.05, 0) is 24.3 Å². The lowest BCUT2D eigenvalue weighted by molar-refractivity contribution is 0.414. The van der Waals surface area contributed by atoms with Crippen LogP contribution in [0.5, 0.6) is 5.75 Å². The van der Waals surface area contributed by atoms with E-state index in [0.717, 1.165) is 23.7 Å². The van der Waals surface area contributed by atoms with Crippen LogP contribution in [0.3, 0.4) is 0 Å². The summed E-state index contributed by atoms with van der Waals surface area (Å²) in [4.78, 5) is 0. The zero-order chi connectivity index (χ0) is 13.0. The van der Waals surface area contributed by atoms with Gasteiger partial charge in [0.25, 0.3) is 0 Å². The lowest BCUT2D eigenvalue weighted by atomic mass is 10.3. The first kappa shape index (κ1) is 12.6. The zero-order valence-electron chi connectivity index (χ0n) is 10.9. The smallest absolute Gasteiger partial charge is 0.119 e. The van der Waals surface area contributed by atoms with E-state index in [-0.39, 0.29) is 0 Å². The minimum absolute atomic E-state index is 0.441. The molecule has 18 heavy (non-hydrogen) atoms. The van der Waals surface area contributed by atoms with E-state index >= 15 is 0 Å². The normalized spacial score (nSPS) is 10.9. The van der Waals surface area contributed by atoms with Gasteiger partial charge in [0.05, 0.1) is 24.7 Å². The molecule has 0 spiro atoms. The molecule has 1 aromatic heterocycles. The average Bonchev–Trinajstić information content (AvgIpc) is 2.85. The van der Waals surface area contributed by atoms with E-state index in [4.69, 9.17) is 4.74 Å². The molecular weight excluding hydrogens is 228 g/mol. The number of hydrogen-bond donors (Lipinski definition) is 1. The van der Waals surface area contributed by atoms with Crippen LogP contribution in [0.15, 0.2) is 30.5 Å². The Kier molecular flexibility index (Phi) is 3.94. The highest BCUT2D eigenvalue weighted by Crippen LogP contribution is 2.14. The lowest BCUT2D eigenvalue weighted by Crippen LogP contribution is -2.21. The van der Waals surface area contributed by atoms with Crippen LogP contribution >= 0.6 is 0 Å². The van der Waals surface area contributed by atoms with Crippen molar-refractivity contribution in [1.29, 1.82) is 0 Å². The van der Waals surface area contributed by atoms with Gasteiger partial charge in [-0.3, -0.25) is 0 Å². The number of nitrogens with one attached hydrogen (secondary N) is 1. The Hall–Kier alpha value is -1.88. The van der Waals surface area contributed by atoms with Crippen molar-refractivity contribution >= 4 is 0 Å². The Balaban J connectivity index is 2.08. The fraction of sp³-hybridized carbons (Fsp3) is 0.385. The van der Waals surface area contributed by atoms with Gasteiger partial charge < -0.3 is 10.1 Å². The molecule has 0 aliphatic carbocycles. The van der Waals surface area contributed by atoms with Crippen LogP contribution in [0.2, 0.25) is 0 Å². The maximum absolute atomic E-state index is 5.12. The van der Waals surface area contributed by atoms with Crippen molar-refractivity contribution in [2.45, 2.75) is 26.4 Å². The standard InChI is InChI=1S/C13H18N4O/c1-10(2)14-8-11-9-17(16-15-11)12-4-6-13(18-3)7-5-12/h4-7,9-10,14H,8H2,1-3H3. The molecule has 5 nitrogen and oxygen atoms in total. The first-order chi connectivity index (χ1) is 8.69. The Bertz CT molecular complexity index is 490. The number of ether oxygens (including phenoxy) is 1. The van der Waals surface area contributed by atoms with Crippen LogP contribution in [-0.4, -0.2) is 28.1 Å². The molecule has 0 bridgehead atoms. The Morgan fingerprint density at radius 2 is 2.00 bits per heavy atom. The van der Waals surface area contributed by atoms with Gasteiger partial charge in [-0.2, -0.15) is 0 Å². The van der Waals surface area contributed by atoms with E-state index in [1.807, 2.05) is 30.5 Å². The van der Waals surface area contributed by atoms with Gasteiger partial charge >= 0.3 is 0 Å². The summed E-state index contributed by atoms with van der Waals surface area (Å²) in [6, 6.07) is 8.16. The van der Waals surface area contributed by atoms with E-state index in [1.165, 1.54) is 0 Å².